The van der Waals surface area contributed by atoms with Gasteiger partial charge in [0, 0.05) is 6.04 Å². The Hall–Kier alpha value is -3.70. The summed E-state index contributed by atoms with van der Waals surface area (Å²) in [4.78, 5) is 40.6. The van der Waals surface area contributed by atoms with Crippen LogP contribution < -0.4 is 10.6 Å². The number of hydrogen-bond acceptors (Lipinski definition) is 5. The molecule has 3 amide bonds. The first-order valence-corrected chi connectivity index (χ1v) is 11.8. The van der Waals surface area contributed by atoms with Crippen LogP contribution in [0.25, 0.3) is 0 Å². The summed E-state index contributed by atoms with van der Waals surface area (Å²) in [6, 6.07) is 10.8. The van der Waals surface area contributed by atoms with Gasteiger partial charge in [-0.3, -0.25) is 14.5 Å². The zero-order valence-corrected chi connectivity index (χ0v) is 22.0. The summed E-state index contributed by atoms with van der Waals surface area (Å²) in [6.45, 7) is 10.4. The van der Waals surface area contributed by atoms with Crippen LogP contribution in [0.4, 0.5) is 10.5 Å². The number of anilines is 1. The van der Waals surface area contributed by atoms with Gasteiger partial charge in [-0.15, -0.1) is 0 Å². The van der Waals surface area contributed by atoms with E-state index in [2.05, 4.69) is 16.7 Å². The molecule has 0 spiro atoms. The van der Waals surface area contributed by atoms with Gasteiger partial charge in [0.15, 0.2) is 0 Å². The van der Waals surface area contributed by atoms with Crippen LogP contribution in [0.15, 0.2) is 42.5 Å². The average Bonchev–Trinajstić information content (AvgIpc) is 2.77. The molecule has 0 aliphatic rings. The van der Waals surface area contributed by atoms with E-state index in [1.54, 1.807) is 59.7 Å². The third kappa shape index (κ3) is 7.40. The van der Waals surface area contributed by atoms with Gasteiger partial charge in [-0.1, -0.05) is 56.1 Å². The van der Waals surface area contributed by atoms with E-state index < -0.39 is 35.6 Å². The Kier molecular flexibility index (Phi) is 9.37. The molecule has 0 saturated carbocycles. The fraction of sp³-hybridized carbons (Fsp3) is 0.370. The van der Waals surface area contributed by atoms with Gasteiger partial charge in [-0.25, -0.2) is 4.79 Å². The lowest BCUT2D eigenvalue weighted by Crippen LogP contribution is -2.53. The highest BCUT2D eigenvalue weighted by Crippen LogP contribution is 2.30. The van der Waals surface area contributed by atoms with E-state index in [0.717, 1.165) is 4.90 Å². The van der Waals surface area contributed by atoms with Crippen LogP contribution in [0, 0.1) is 25.3 Å². The van der Waals surface area contributed by atoms with Crippen molar-refractivity contribution in [1.29, 1.82) is 0 Å². The first-order chi connectivity index (χ1) is 16.7. The second-order valence-corrected chi connectivity index (χ2v) is 10.0. The van der Waals surface area contributed by atoms with E-state index in [1.165, 1.54) is 24.3 Å². The first kappa shape index (κ1) is 28.5. The Morgan fingerprint density at radius 1 is 1.11 bits per heavy atom. The standard InChI is InChI=1S/C27H32ClN3O5/c1-8-31(25(34)21(16(2)3)30-26(35)36-27(5,6)7)23(18-12-14-19(32)15-13-18)24(33)29-22-17(4)10-9-11-20(22)28/h1,9-16,21,23,32H,2-7H3,(H,29,33)(H,30,35). The van der Waals surface area contributed by atoms with E-state index in [4.69, 9.17) is 22.8 Å². The number of phenolic OH excluding ortho intramolecular Hbond substituents is 1. The molecule has 2 rings (SSSR count). The van der Waals surface area contributed by atoms with Crippen molar-refractivity contribution in [3.63, 3.8) is 0 Å². The molecule has 9 heteroatoms. The number of ether oxygens (including phenoxy) is 1. The van der Waals surface area contributed by atoms with Gasteiger partial charge in [-0.2, -0.15) is 0 Å². The number of carbonyl (C=O) groups is 3. The van der Waals surface area contributed by atoms with Gasteiger partial charge in [-0.05, 0) is 62.9 Å². The molecule has 0 fully saturated rings. The molecule has 36 heavy (non-hydrogen) atoms. The summed E-state index contributed by atoms with van der Waals surface area (Å²) in [6.07, 6.45) is 4.97. The molecule has 0 heterocycles. The fourth-order valence-electron chi connectivity index (χ4n) is 3.42. The summed E-state index contributed by atoms with van der Waals surface area (Å²) < 4.78 is 5.30. The Labute approximate surface area is 217 Å². The van der Waals surface area contributed by atoms with Crippen LogP contribution in [0.1, 0.15) is 51.8 Å². The normalized spacial score (nSPS) is 12.8. The van der Waals surface area contributed by atoms with E-state index in [-0.39, 0.29) is 11.7 Å². The van der Waals surface area contributed by atoms with E-state index >= 15 is 0 Å². The van der Waals surface area contributed by atoms with Crippen molar-refractivity contribution < 1.29 is 24.2 Å². The Balaban J connectivity index is 2.48. The number of aromatic hydroxyl groups is 1. The van der Waals surface area contributed by atoms with E-state index in [9.17, 15) is 19.5 Å². The molecule has 8 nitrogen and oxygen atoms in total. The third-order valence-corrected chi connectivity index (χ3v) is 5.48. The minimum absolute atomic E-state index is 0.0231. The van der Waals surface area contributed by atoms with E-state index in [1.807, 2.05) is 0 Å². The lowest BCUT2D eigenvalue weighted by Gasteiger charge is -2.32. The highest BCUT2D eigenvalue weighted by molar-refractivity contribution is 6.34. The number of carbonyl (C=O) groups excluding carboxylic acids is 3. The second-order valence-electron chi connectivity index (χ2n) is 9.62. The maximum absolute atomic E-state index is 13.6. The number of halogens is 1. The molecule has 0 bridgehead atoms. The number of amides is 3. The fourth-order valence-corrected chi connectivity index (χ4v) is 3.69. The molecule has 192 valence electrons. The Morgan fingerprint density at radius 3 is 2.22 bits per heavy atom. The average molecular weight is 514 g/mol. The number of benzene rings is 2. The maximum atomic E-state index is 13.6. The lowest BCUT2D eigenvalue weighted by atomic mass is 9.99. The molecular weight excluding hydrogens is 482 g/mol. The second kappa shape index (κ2) is 11.8. The number of alkyl carbamates (subject to hydrolysis) is 1. The van der Waals surface area contributed by atoms with Crippen LogP contribution in [-0.2, 0) is 14.3 Å². The smallest absolute Gasteiger partial charge is 0.408 e. The SMILES string of the molecule is C#CN(C(=O)C(NC(=O)OC(C)(C)C)C(C)C)C(C(=O)Nc1c(C)cccc1Cl)c1ccc(O)cc1. The molecule has 0 radical (unpaired) electrons. The van der Waals surface area contributed by atoms with Crippen LogP contribution in [-0.4, -0.2) is 39.6 Å². The van der Waals surface area contributed by atoms with Crippen LogP contribution in [0.3, 0.4) is 0 Å². The monoisotopic (exact) mass is 513 g/mol. The molecule has 2 aromatic rings. The molecular formula is C27H32ClN3O5. The quantitative estimate of drug-likeness (QED) is 0.356. The number of para-hydroxylation sites is 1. The molecule has 0 aromatic heterocycles. The molecule has 2 aromatic carbocycles. The number of aryl methyl sites for hydroxylation is 1. The van der Waals surface area contributed by atoms with Gasteiger partial charge in [0.25, 0.3) is 11.8 Å². The van der Waals surface area contributed by atoms with Crippen LogP contribution in [0.2, 0.25) is 5.02 Å². The number of nitrogens with one attached hydrogen (secondary N) is 2. The zero-order valence-electron chi connectivity index (χ0n) is 21.3. The van der Waals surface area contributed by atoms with Crippen LogP contribution >= 0.6 is 11.6 Å². The van der Waals surface area contributed by atoms with Gasteiger partial charge in [0.1, 0.15) is 23.4 Å². The minimum Gasteiger partial charge on any atom is -0.508 e. The summed E-state index contributed by atoms with van der Waals surface area (Å²) >= 11 is 6.29. The van der Waals surface area contributed by atoms with E-state index in [0.29, 0.717) is 21.8 Å². The third-order valence-electron chi connectivity index (χ3n) is 5.17. The van der Waals surface area contributed by atoms with Crippen molar-refractivity contribution in [3.05, 3.63) is 58.6 Å². The highest BCUT2D eigenvalue weighted by atomic mass is 35.5. The van der Waals surface area contributed by atoms with Gasteiger partial charge in [0.05, 0.1) is 10.7 Å². The maximum Gasteiger partial charge on any atom is 0.408 e. The van der Waals surface area contributed by atoms with Crippen molar-refractivity contribution in [2.45, 2.75) is 59.2 Å². The lowest BCUT2D eigenvalue weighted by molar-refractivity contribution is -0.137. The minimum atomic E-state index is -1.29. The number of hydrogen-bond donors (Lipinski definition) is 3. The largest absolute Gasteiger partial charge is 0.508 e. The number of phenols is 1. The summed E-state index contributed by atoms with van der Waals surface area (Å²) in [5, 5.41) is 15.4. The summed E-state index contributed by atoms with van der Waals surface area (Å²) in [5.41, 5.74) is 0.665. The van der Waals surface area contributed by atoms with Crippen molar-refractivity contribution in [1.82, 2.24) is 10.2 Å². The van der Waals surface area contributed by atoms with Gasteiger partial charge >= 0.3 is 6.09 Å². The Morgan fingerprint density at radius 2 is 1.72 bits per heavy atom. The summed E-state index contributed by atoms with van der Waals surface area (Å²) in [5.74, 6) is -1.70. The molecule has 0 aliphatic heterocycles. The molecule has 3 N–H and O–H groups in total. The van der Waals surface area contributed by atoms with Crippen LogP contribution in [0.5, 0.6) is 5.75 Å². The Bertz CT molecular complexity index is 1130. The number of rotatable bonds is 7. The molecule has 0 aliphatic carbocycles. The molecule has 2 atom stereocenters. The zero-order chi connectivity index (χ0) is 27.2. The van der Waals surface area contributed by atoms with Gasteiger partial charge < -0.3 is 20.5 Å². The van der Waals surface area contributed by atoms with Crippen molar-refractivity contribution in [3.8, 4) is 18.2 Å². The predicted octanol–water partition coefficient (Wildman–Crippen LogP) is 5.00. The van der Waals surface area contributed by atoms with Crippen molar-refractivity contribution in [2.75, 3.05) is 5.32 Å². The number of nitrogens with zero attached hydrogens (tertiary/aromatic N) is 1. The summed E-state index contributed by atoms with van der Waals surface area (Å²) in [7, 11) is 0. The predicted molar refractivity (Wildman–Crippen MR) is 139 cm³/mol. The van der Waals surface area contributed by atoms with Gasteiger partial charge in [0.2, 0.25) is 0 Å². The number of terminal acetylenes is 1. The first-order valence-electron chi connectivity index (χ1n) is 11.4. The molecule has 0 saturated heterocycles. The topological polar surface area (TPSA) is 108 Å². The van der Waals surface area contributed by atoms with Crippen molar-refractivity contribution in [2.24, 2.45) is 5.92 Å². The van der Waals surface area contributed by atoms with Crippen molar-refractivity contribution >= 4 is 35.2 Å². The highest BCUT2D eigenvalue weighted by Gasteiger charge is 2.37. The molecule has 2 unspecified atom stereocenters.